The molecular weight excluding hydrogens is 709 g/mol. The van der Waals surface area contributed by atoms with Crippen molar-refractivity contribution in [2.24, 2.45) is 0 Å². The second-order valence-electron chi connectivity index (χ2n) is 14.7. The van der Waals surface area contributed by atoms with Gasteiger partial charge in [0.1, 0.15) is 13.2 Å². The lowest BCUT2D eigenvalue weighted by molar-refractivity contribution is -0.167. The highest BCUT2D eigenvalue weighted by molar-refractivity contribution is 5.71. The summed E-state index contributed by atoms with van der Waals surface area (Å²) in [5, 5.41) is 0. The minimum absolute atomic E-state index is 0.102. The Morgan fingerprint density at radius 2 is 0.789 bits per heavy atom. The van der Waals surface area contributed by atoms with E-state index in [0.29, 0.717) is 19.3 Å². The molecule has 0 N–H and O–H groups in total. The summed E-state index contributed by atoms with van der Waals surface area (Å²) in [5.41, 5.74) is 0. The van der Waals surface area contributed by atoms with Crippen LogP contribution in [0.1, 0.15) is 188 Å². The monoisotopic (exact) mass is 791 g/mol. The van der Waals surface area contributed by atoms with Gasteiger partial charge in [-0.3, -0.25) is 14.4 Å². The van der Waals surface area contributed by atoms with E-state index in [1.54, 1.807) is 0 Å². The number of unbranched alkanes of at least 4 members (excludes halogenated alkanes) is 16. The third-order valence-electron chi connectivity index (χ3n) is 9.18. The summed E-state index contributed by atoms with van der Waals surface area (Å²) in [6.45, 7) is 6.33. The Morgan fingerprint density at radius 3 is 1.33 bits per heavy atom. The fraction of sp³-hybridized carbons (Fsp3) is 0.627. The zero-order valence-electron chi connectivity index (χ0n) is 36.6. The number of ether oxygens (including phenoxy) is 3. The normalized spacial score (nSPS) is 13.0. The van der Waals surface area contributed by atoms with E-state index in [2.05, 4.69) is 81.5 Å². The Bertz CT molecular complexity index is 1180. The first-order valence-corrected chi connectivity index (χ1v) is 22.8. The summed E-state index contributed by atoms with van der Waals surface area (Å²) in [4.78, 5) is 37.7. The van der Waals surface area contributed by atoms with Crippen LogP contribution in [-0.2, 0) is 28.6 Å². The highest BCUT2D eigenvalue weighted by Crippen LogP contribution is 2.13. The SMILES string of the molecule is CC/C=C\C/C=C\C/C=C\CCCCC(=O)OC(COC(=O)CCCCCCC\C=C/C=C\C=C/C=C\C=C/CCC)COC(=O)CCCCCCCCCCC. The Hall–Kier alpha value is -3.67. The van der Waals surface area contributed by atoms with Crippen LogP contribution >= 0.6 is 0 Å². The smallest absolute Gasteiger partial charge is 0.306 e. The summed E-state index contributed by atoms with van der Waals surface area (Å²) in [5.74, 6) is -0.981. The summed E-state index contributed by atoms with van der Waals surface area (Å²) in [6.07, 6.45) is 58.2. The van der Waals surface area contributed by atoms with Crippen molar-refractivity contribution < 1.29 is 28.6 Å². The summed E-state index contributed by atoms with van der Waals surface area (Å²) < 4.78 is 16.6. The van der Waals surface area contributed by atoms with Crippen LogP contribution in [0.4, 0.5) is 0 Å². The Labute approximate surface area is 349 Å². The predicted molar refractivity (Wildman–Crippen MR) is 242 cm³/mol. The molecule has 6 nitrogen and oxygen atoms in total. The molecule has 322 valence electrons. The van der Waals surface area contributed by atoms with Crippen molar-refractivity contribution >= 4 is 17.9 Å². The van der Waals surface area contributed by atoms with Crippen LogP contribution in [0.15, 0.2) is 97.2 Å². The molecule has 0 bridgehead atoms. The van der Waals surface area contributed by atoms with E-state index < -0.39 is 6.10 Å². The molecule has 0 fully saturated rings. The maximum atomic E-state index is 12.7. The number of hydrogen-bond donors (Lipinski definition) is 0. The lowest BCUT2D eigenvalue weighted by atomic mass is 10.1. The van der Waals surface area contributed by atoms with Crippen molar-refractivity contribution in [2.45, 2.75) is 194 Å². The van der Waals surface area contributed by atoms with E-state index in [4.69, 9.17) is 14.2 Å². The fourth-order valence-electron chi connectivity index (χ4n) is 5.78. The van der Waals surface area contributed by atoms with E-state index in [1.807, 2.05) is 36.5 Å². The molecule has 0 saturated heterocycles. The van der Waals surface area contributed by atoms with Crippen molar-refractivity contribution in [2.75, 3.05) is 13.2 Å². The predicted octanol–water partition coefficient (Wildman–Crippen LogP) is 14.6. The Balaban J connectivity index is 4.47. The minimum Gasteiger partial charge on any atom is -0.462 e. The van der Waals surface area contributed by atoms with Crippen LogP contribution in [-0.4, -0.2) is 37.2 Å². The number of allylic oxidation sites excluding steroid dienone is 16. The standard InChI is InChI=1S/C51H82O6/c1-4-7-10-13-16-19-21-23-24-25-26-27-28-30-32-35-38-41-44-50(53)56-47-48(46-55-49(52)43-40-37-34-31-18-15-12-9-6-3)57-51(54)45-42-39-36-33-29-22-20-17-14-11-8-5-2/h8,10-11,13,16-17,19-21,23-27,29,33,48H,4-7,9,12,14-15,18,22,28,30-32,34-47H2,1-3H3/b11-8-,13-10-,19-16-,20-17-,23-21-,25-24-,27-26-,33-29-. The molecule has 0 aliphatic carbocycles. The molecule has 0 amide bonds. The van der Waals surface area contributed by atoms with E-state index in [0.717, 1.165) is 96.3 Å². The molecule has 0 heterocycles. The third kappa shape index (κ3) is 43.3. The Kier molecular flexibility index (Phi) is 42.1. The van der Waals surface area contributed by atoms with Gasteiger partial charge in [-0.1, -0.05) is 195 Å². The van der Waals surface area contributed by atoms with Crippen molar-refractivity contribution in [3.8, 4) is 0 Å². The molecule has 1 atom stereocenters. The highest BCUT2D eigenvalue weighted by atomic mass is 16.6. The van der Waals surface area contributed by atoms with Gasteiger partial charge in [-0.25, -0.2) is 0 Å². The molecule has 1 unspecified atom stereocenters. The Morgan fingerprint density at radius 1 is 0.386 bits per heavy atom. The number of carbonyl (C=O) groups is 3. The van der Waals surface area contributed by atoms with Crippen LogP contribution in [0.5, 0.6) is 0 Å². The lowest BCUT2D eigenvalue weighted by Crippen LogP contribution is -2.30. The van der Waals surface area contributed by atoms with Gasteiger partial charge in [-0.05, 0) is 70.6 Å². The van der Waals surface area contributed by atoms with E-state index in [-0.39, 0.29) is 37.5 Å². The van der Waals surface area contributed by atoms with Gasteiger partial charge in [-0.15, -0.1) is 0 Å². The first-order valence-electron chi connectivity index (χ1n) is 22.8. The number of rotatable bonds is 39. The van der Waals surface area contributed by atoms with E-state index >= 15 is 0 Å². The van der Waals surface area contributed by atoms with Gasteiger partial charge in [0, 0.05) is 19.3 Å². The van der Waals surface area contributed by atoms with Crippen molar-refractivity contribution in [1.82, 2.24) is 0 Å². The molecular formula is C51H82O6. The summed E-state index contributed by atoms with van der Waals surface area (Å²) in [7, 11) is 0. The van der Waals surface area contributed by atoms with Crippen LogP contribution in [0.2, 0.25) is 0 Å². The molecule has 0 aromatic rings. The second-order valence-corrected chi connectivity index (χ2v) is 14.7. The van der Waals surface area contributed by atoms with Gasteiger partial charge in [-0.2, -0.15) is 0 Å². The van der Waals surface area contributed by atoms with Crippen molar-refractivity contribution in [1.29, 1.82) is 0 Å². The van der Waals surface area contributed by atoms with Crippen LogP contribution in [0, 0.1) is 0 Å². The second kappa shape index (κ2) is 45.0. The molecule has 0 aliphatic rings. The number of esters is 3. The molecule has 0 radical (unpaired) electrons. The quantitative estimate of drug-likeness (QED) is 0.0203. The molecule has 0 aromatic carbocycles. The highest BCUT2D eigenvalue weighted by Gasteiger charge is 2.19. The summed E-state index contributed by atoms with van der Waals surface area (Å²) >= 11 is 0. The lowest BCUT2D eigenvalue weighted by Gasteiger charge is -2.18. The van der Waals surface area contributed by atoms with Gasteiger partial charge in [0.25, 0.3) is 0 Å². The number of carbonyl (C=O) groups excluding carboxylic acids is 3. The maximum absolute atomic E-state index is 12.7. The molecule has 57 heavy (non-hydrogen) atoms. The molecule has 6 heteroatoms. The van der Waals surface area contributed by atoms with Gasteiger partial charge in [0.2, 0.25) is 0 Å². The minimum atomic E-state index is -0.805. The van der Waals surface area contributed by atoms with Gasteiger partial charge >= 0.3 is 17.9 Å². The molecule has 0 aliphatic heterocycles. The zero-order chi connectivity index (χ0) is 41.5. The first kappa shape index (κ1) is 53.3. The average Bonchev–Trinajstić information content (AvgIpc) is 3.21. The molecule has 0 aromatic heterocycles. The van der Waals surface area contributed by atoms with Gasteiger partial charge < -0.3 is 14.2 Å². The molecule has 0 rings (SSSR count). The molecule has 0 spiro atoms. The average molecular weight is 791 g/mol. The fourth-order valence-corrected chi connectivity index (χ4v) is 5.78. The summed E-state index contributed by atoms with van der Waals surface area (Å²) in [6, 6.07) is 0. The van der Waals surface area contributed by atoms with Crippen LogP contribution in [0.3, 0.4) is 0 Å². The first-order chi connectivity index (χ1) is 28.0. The largest absolute Gasteiger partial charge is 0.462 e. The van der Waals surface area contributed by atoms with E-state index in [1.165, 1.54) is 44.9 Å². The third-order valence-corrected chi connectivity index (χ3v) is 9.18. The topological polar surface area (TPSA) is 78.9 Å². The molecule has 0 saturated carbocycles. The van der Waals surface area contributed by atoms with Crippen LogP contribution in [0.25, 0.3) is 0 Å². The van der Waals surface area contributed by atoms with Gasteiger partial charge in [0.05, 0.1) is 0 Å². The van der Waals surface area contributed by atoms with Crippen molar-refractivity contribution in [3.63, 3.8) is 0 Å². The zero-order valence-corrected chi connectivity index (χ0v) is 36.6. The maximum Gasteiger partial charge on any atom is 0.306 e. The van der Waals surface area contributed by atoms with Crippen LogP contribution < -0.4 is 0 Å². The van der Waals surface area contributed by atoms with Gasteiger partial charge in [0.15, 0.2) is 6.10 Å². The van der Waals surface area contributed by atoms with Crippen molar-refractivity contribution in [3.05, 3.63) is 97.2 Å². The van der Waals surface area contributed by atoms with E-state index in [9.17, 15) is 14.4 Å². The number of hydrogen-bond acceptors (Lipinski definition) is 6.